The second-order valence-electron chi connectivity index (χ2n) is 5.68. The van der Waals surface area contributed by atoms with E-state index < -0.39 is 12.2 Å². The smallest absolute Gasteiger partial charge is 0.416 e. The van der Waals surface area contributed by atoms with Crippen LogP contribution in [0, 0.1) is 0 Å². The average Bonchev–Trinajstić information content (AvgIpc) is 3.23. The standard InChI is InChI=1S/C17H20N4O5/c1-20-14(7-8-19-20)21-10-11(26-17(21)23)9-18-16(22)15-12(24-2)5-4-6-13(15)25-3/h4-8,11H,9-10H2,1-3H3,(H,18,22). The third-order valence-electron chi connectivity index (χ3n) is 4.09. The summed E-state index contributed by atoms with van der Waals surface area (Å²) in [6, 6.07) is 6.81. The number of aryl methyl sites for hydroxylation is 1. The van der Waals surface area contributed by atoms with Crippen LogP contribution in [0.1, 0.15) is 10.4 Å². The van der Waals surface area contributed by atoms with Gasteiger partial charge in [-0.25, -0.2) is 4.79 Å². The molecule has 138 valence electrons. The summed E-state index contributed by atoms with van der Waals surface area (Å²) in [5.41, 5.74) is 0.297. The minimum atomic E-state index is -0.470. The Kier molecular flexibility index (Phi) is 4.97. The molecule has 1 fully saturated rings. The number of hydrogen-bond donors (Lipinski definition) is 1. The van der Waals surface area contributed by atoms with Gasteiger partial charge in [0.05, 0.1) is 33.5 Å². The minimum absolute atomic E-state index is 0.167. The van der Waals surface area contributed by atoms with Crippen molar-refractivity contribution in [3.05, 3.63) is 36.0 Å². The lowest BCUT2D eigenvalue weighted by molar-refractivity contribution is 0.0910. The fourth-order valence-corrected chi connectivity index (χ4v) is 2.82. The van der Waals surface area contributed by atoms with Gasteiger partial charge in [-0.1, -0.05) is 6.07 Å². The minimum Gasteiger partial charge on any atom is -0.496 e. The fraction of sp³-hybridized carbons (Fsp3) is 0.353. The van der Waals surface area contributed by atoms with Crippen LogP contribution in [0.25, 0.3) is 0 Å². The summed E-state index contributed by atoms with van der Waals surface area (Å²) < 4.78 is 17.4. The lowest BCUT2D eigenvalue weighted by Gasteiger charge is -2.15. The number of methoxy groups -OCH3 is 2. The number of amides is 2. The predicted molar refractivity (Wildman–Crippen MR) is 92.7 cm³/mol. The molecule has 0 saturated carbocycles. The molecule has 1 aliphatic heterocycles. The van der Waals surface area contributed by atoms with Crippen molar-refractivity contribution < 1.29 is 23.8 Å². The van der Waals surface area contributed by atoms with Gasteiger partial charge in [-0.3, -0.25) is 14.4 Å². The van der Waals surface area contributed by atoms with Gasteiger partial charge < -0.3 is 19.5 Å². The Morgan fingerprint density at radius 2 is 2.00 bits per heavy atom. The summed E-state index contributed by atoms with van der Waals surface area (Å²) in [6.45, 7) is 0.488. The number of ether oxygens (including phenoxy) is 3. The van der Waals surface area contributed by atoms with Crippen LogP contribution in [-0.4, -0.2) is 55.2 Å². The van der Waals surface area contributed by atoms with Crippen molar-refractivity contribution in [1.29, 1.82) is 0 Å². The first-order chi connectivity index (χ1) is 12.5. The van der Waals surface area contributed by atoms with Gasteiger partial charge in [0.2, 0.25) is 0 Å². The molecule has 1 saturated heterocycles. The molecule has 0 radical (unpaired) electrons. The largest absolute Gasteiger partial charge is 0.496 e. The van der Waals surface area contributed by atoms with Crippen molar-refractivity contribution >= 4 is 17.8 Å². The number of carbonyl (C=O) groups excluding carboxylic acids is 2. The van der Waals surface area contributed by atoms with Gasteiger partial charge in [0.1, 0.15) is 29.0 Å². The molecule has 1 aromatic carbocycles. The van der Waals surface area contributed by atoms with E-state index in [1.807, 2.05) is 0 Å². The molecule has 0 bridgehead atoms. The number of rotatable bonds is 6. The second kappa shape index (κ2) is 7.34. The molecule has 26 heavy (non-hydrogen) atoms. The molecular weight excluding hydrogens is 340 g/mol. The van der Waals surface area contributed by atoms with Crippen molar-refractivity contribution in [3.8, 4) is 11.5 Å². The molecule has 1 atom stereocenters. The van der Waals surface area contributed by atoms with Crippen molar-refractivity contribution in [2.75, 3.05) is 32.2 Å². The first-order valence-electron chi connectivity index (χ1n) is 8.00. The number of carbonyl (C=O) groups is 2. The van der Waals surface area contributed by atoms with Gasteiger partial charge in [-0.15, -0.1) is 0 Å². The summed E-state index contributed by atoms with van der Waals surface area (Å²) in [7, 11) is 4.71. The molecule has 2 heterocycles. The first-order valence-corrected chi connectivity index (χ1v) is 8.00. The number of nitrogens with zero attached hydrogens (tertiary/aromatic N) is 3. The normalized spacial score (nSPS) is 16.3. The Hall–Kier alpha value is -3.23. The van der Waals surface area contributed by atoms with Crippen LogP contribution in [0.5, 0.6) is 11.5 Å². The van der Waals surface area contributed by atoms with E-state index in [-0.39, 0.29) is 12.5 Å². The van der Waals surface area contributed by atoms with Crippen LogP contribution in [0.4, 0.5) is 10.6 Å². The van der Waals surface area contributed by atoms with E-state index in [9.17, 15) is 9.59 Å². The van der Waals surface area contributed by atoms with Gasteiger partial charge >= 0.3 is 6.09 Å². The Morgan fingerprint density at radius 1 is 1.31 bits per heavy atom. The molecular formula is C17H20N4O5. The molecule has 9 heteroatoms. The highest BCUT2D eigenvalue weighted by Crippen LogP contribution is 2.28. The van der Waals surface area contributed by atoms with Gasteiger partial charge in [-0.05, 0) is 12.1 Å². The Bertz CT molecular complexity index is 797. The predicted octanol–water partition coefficient (Wildman–Crippen LogP) is 1.19. The summed E-state index contributed by atoms with van der Waals surface area (Å²) >= 11 is 0. The molecule has 3 rings (SSSR count). The van der Waals surface area contributed by atoms with Crippen molar-refractivity contribution in [2.24, 2.45) is 7.05 Å². The van der Waals surface area contributed by atoms with Crippen LogP contribution >= 0.6 is 0 Å². The quantitative estimate of drug-likeness (QED) is 0.832. The molecule has 1 unspecified atom stereocenters. The zero-order valence-corrected chi connectivity index (χ0v) is 14.8. The van der Waals surface area contributed by atoms with Gasteiger partial charge in [0, 0.05) is 13.1 Å². The van der Waals surface area contributed by atoms with E-state index in [1.54, 1.807) is 42.2 Å². The molecule has 0 aliphatic carbocycles. The van der Waals surface area contributed by atoms with E-state index >= 15 is 0 Å². The number of anilines is 1. The SMILES string of the molecule is COc1cccc(OC)c1C(=O)NCC1CN(c2ccnn2C)C(=O)O1. The molecule has 0 spiro atoms. The second-order valence-corrected chi connectivity index (χ2v) is 5.68. The maximum atomic E-state index is 12.6. The van der Waals surface area contributed by atoms with Crippen molar-refractivity contribution in [1.82, 2.24) is 15.1 Å². The first kappa shape index (κ1) is 17.6. The van der Waals surface area contributed by atoms with Crippen molar-refractivity contribution in [2.45, 2.75) is 6.10 Å². The van der Waals surface area contributed by atoms with Gasteiger partial charge in [0.15, 0.2) is 0 Å². The summed E-state index contributed by atoms with van der Waals surface area (Å²) in [5, 5.41) is 6.81. The summed E-state index contributed by atoms with van der Waals surface area (Å²) in [5.74, 6) is 1.08. The summed E-state index contributed by atoms with van der Waals surface area (Å²) in [4.78, 5) is 26.1. The highest BCUT2D eigenvalue weighted by molar-refractivity contribution is 5.99. The average molecular weight is 360 g/mol. The monoisotopic (exact) mass is 360 g/mol. The maximum Gasteiger partial charge on any atom is 0.416 e. The van der Waals surface area contributed by atoms with E-state index in [0.717, 1.165) is 0 Å². The molecule has 9 nitrogen and oxygen atoms in total. The van der Waals surface area contributed by atoms with E-state index in [1.165, 1.54) is 19.1 Å². The molecule has 2 aromatic rings. The van der Waals surface area contributed by atoms with E-state index in [0.29, 0.717) is 29.4 Å². The van der Waals surface area contributed by atoms with Crippen LogP contribution < -0.4 is 19.7 Å². The van der Waals surface area contributed by atoms with Gasteiger partial charge in [-0.2, -0.15) is 5.10 Å². The Balaban J connectivity index is 1.66. The Morgan fingerprint density at radius 3 is 2.58 bits per heavy atom. The van der Waals surface area contributed by atoms with Crippen molar-refractivity contribution in [3.63, 3.8) is 0 Å². The zero-order valence-electron chi connectivity index (χ0n) is 14.8. The molecule has 1 aromatic heterocycles. The lowest BCUT2D eigenvalue weighted by Crippen LogP contribution is -2.35. The Labute approximate surface area is 150 Å². The number of cyclic esters (lactones) is 1. The highest BCUT2D eigenvalue weighted by atomic mass is 16.6. The third kappa shape index (κ3) is 3.28. The van der Waals surface area contributed by atoms with E-state index in [2.05, 4.69) is 10.4 Å². The third-order valence-corrected chi connectivity index (χ3v) is 4.09. The zero-order chi connectivity index (χ0) is 18.7. The van der Waals surface area contributed by atoms with Gasteiger partial charge in [0.25, 0.3) is 5.91 Å². The molecule has 2 amide bonds. The van der Waals surface area contributed by atoms with E-state index in [4.69, 9.17) is 14.2 Å². The van der Waals surface area contributed by atoms with Crippen LogP contribution in [0.2, 0.25) is 0 Å². The summed E-state index contributed by atoms with van der Waals surface area (Å²) in [6.07, 6.45) is 0.663. The van der Waals surface area contributed by atoms with Crippen LogP contribution in [0.3, 0.4) is 0 Å². The number of aromatic nitrogens is 2. The fourth-order valence-electron chi connectivity index (χ4n) is 2.82. The number of hydrogen-bond acceptors (Lipinski definition) is 6. The van der Waals surface area contributed by atoms with Crippen LogP contribution in [0.15, 0.2) is 30.5 Å². The maximum absolute atomic E-state index is 12.6. The highest BCUT2D eigenvalue weighted by Gasteiger charge is 2.34. The van der Waals surface area contributed by atoms with Crippen LogP contribution in [-0.2, 0) is 11.8 Å². The number of benzene rings is 1. The molecule has 1 aliphatic rings. The number of nitrogens with one attached hydrogen (secondary N) is 1. The lowest BCUT2D eigenvalue weighted by atomic mass is 10.1. The topological polar surface area (TPSA) is 94.9 Å². The molecule has 1 N–H and O–H groups in total.